The van der Waals surface area contributed by atoms with Crippen molar-refractivity contribution in [2.75, 3.05) is 0 Å². The fraction of sp³-hybridized carbons (Fsp3) is 0.600. The second kappa shape index (κ2) is 1.46. The Kier molecular flexibility index (Phi) is 1.05. The van der Waals surface area contributed by atoms with Gasteiger partial charge in [-0.3, -0.25) is 0 Å². The highest BCUT2D eigenvalue weighted by molar-refractivity contribution is 5.02. The minimum Gasteiger partial charge on any atom is -0.365 e. The average molecular weight is 100 g/mol. The van der Waals surface area contributed by atoms with Crippen LogP contribution in [0.5, 0.6) is 0 Å². The molecule has 1 aliphatic carbocycles. The Balaban J connectivity index is 2.40. The first-order chi connectivity index (χ1) is 3.21. The molecule has 0 aromatic rings. The van der Waals surface area contributed by atoms with E-state index in [1.54, 1.807) is 0 Å². The third kappa shape index (κ3) is 1.14. The molecule has 0 aromatic carbocycles. The van der Waals surface area contributed by atoms with Gasteiger partial charge in [-0.15, -0.1) is 0 Å². The molecule has 0 atom stereocenters. The van der Waals surface area contributed by atoms with Crippen molar-refractivity contribution in [2.45, 2.75) is 18.6 Å². The molecule has 0 heterocycles. The molecular weight excluding hydrogens is 92.1 g/mol. The molecule has 1 saturated carbocycles. The van der Waals surface area contributed by atoms with Crippen molar-refractivity contribution in [2.24, 2.45) is 0 Å². The zero-order valence-corrected chi connectivity index (χ0v) is 3.96. The molecule has 0 spiro atoms. The van der Waals surface area contributed by atoms with Crippen LogP contribution < -0.4 is 0 Å². The molecule has 2 N–H and O–H groups in total. The summed E-state index contributed by atoms with van der Waals surface area (Å²) in [7, 11) is 0. The highest BCUT2D eigenvalue weighted by Gasteiger charge is 2.27. The van der Waals surface area contributed by atoms with Crippen molar-refractivity contribution in [3.63, 3.8) is 0 Å². The average Bonchev–Trinajstić information content (AvgIpc) is 1.84. The van der Waals surface area contributed by atoms with Gasteiger partial charge >= 0.3 is 0 Å². The lowest BCUT2D eigenvalue weighted by Crippen LogP contribution is -2.23. The summed E-state index contributed by atoms with van der Waals surface area (Å²) >= 11 is 0. The van der Waals surface area contributed by atoms with Gasteiger partial charge in [0, 0.05) is 12.8 Å². The molecule has 2 radical (unpaired) electrons. The number of rotatable bonds is 0. The quantitative estimate of drug-likeness (QED) is 0.416. The smallest absolute Gasteiger partial charge is 0.169 e. The van der Waals surface area contributed by atoms with Crippen LogP contribution in [0.15, 0.2) is 0 Å². The summed E-state index contributed by atoms with van der Waals surface area (Å²) in [5.74, 6) is -1.56. The van der Waals surface area contributed by atoms with Gasteiger partial charge in [-0.1, -0.05) is 0 Å². The third-order valence-corrected chi connectivity index (χ3v) is 1.06. The minimum absolute atomic E-state index is 0.785. The van der Waals surface area contributed by atoms with Crippen molar-refractivity contribution in [3.05, 3.63) is 12.8 Å². The Morgan fingerprint density at radius 1 is 1.14 bits per heavy atom. The van der Waals surface area contributed by atoms with Crippen LogP contribution >= 0.6 is 0 Å². The highest BCUT2D eigenvalue weighted by atomic mass is 16.5. The Morgan fingerprint density at radius 2 is 1.57 bits per heavy atom. The normalized spacial score (nSPS) is 28.3. The van der Waals surface area contributed by atoms with Gasteiger partial charge in [-0.25, -0.2) is 0 Å². The van der Waals surface area contributed by atoms with Crippen LogP contribution in [0.3, 0.4) is 0 Å². The molecule has 0 aromatic heterocycles. The molecular formula is C5H8O2. The Morgan fingerprint density at radius 3 is 1.71 bits per heavy atom. The first kappa shape index (κ1) is 5.06. The van der Waals surface area contributed by atoms with E-state index >= 15 is 0 Å². The maximum absolute atomic E-state index is 8.64. The highest BCUT2D eigenvalue weighted by Crippen LogP contribution is 2.23. The van der Waals surface area contributed by atoms with Gasteiger partial charge < -0.3 is 10.2 Å². The van der Waals surface area contributed by atoms with Gasteiger partial charge in [0.25, 0.3) is 0 Å². The molecule has 1 fully saturated rings. The molecule has 0 unspecified atom stereocenters. The summed E-state index contributed by atoms with van der Waals surface area (Å²) in [4.78, 5) is 0. The molecule has 7 heavy (non-hydrogen) atoms. The van der Waals surface area contributed by atoms with Crippen LogP contribution in [0.2, 0.25) is 0 Å². The van der Waals surface area contributed by atoms with E-state index in [0.29, 0.717) is 0 Å². The molecule has 2 nitrogen and oxygen atoms in total. The second-order valence-corrected chi connectivity index (χ2v) is 1.77. The van der Waals surface area contributed by atoms with Gasteiger partial charge in [-0.05, 0) is 12.8 Å². The van der Waals surface area contributed by atoms with E-state index in [0.717, 1.165) is 12.8 Å². The first-order valence-electron chi connectivity index (χ1n) is 2.34. The molecule has 0 aliphatic heterocycles. The molecule has 0 amide bonds. The number of aliphatic hydroxyl groups is 2. The lowest BCUT2D eigenvalue weighted by molar-refractivity contribution is -0.0948. The van der Waals surface area contributed by atoms with Crippen LogP contribution in [0.25, 0.3) is 0 Å². The van der Waals surface area contributed by atoms with E-state index in [9.17, 15) is 0 Å². The van der Waals surface area contributed by atoms with Crippen molar-refractivity contribution >= 4 is 0 Å². The van der Waals surface area contributed by atoms with Crippen molar-refractivity contribution in [1.29, 1.82) is 0 Å². The van der Waals surface area contributed by atoms with Crippen LogP contribution in [-0.2, 0) is 0 Å². The van der Waals surface area contributed by atoms with Crippen molar-refractivity contribution < 1.29 is 10.2 Å². The largest absolute Gasteiger partial charge is 0.365 e. The summed E-state index contributed by atoms with van der Waals surface area (Å²) in [6.07, 6.45) is 4.53. The van der Waals surface area contributed by atoms with Crippen LogP contribution in [0.1, 0.15) is 12.8 Å². The molecule has 40 valence electrons. The summed E-state index contributed by atoms with van der Waals surface area (Å²) in [5.41, 5.74) is 0. The van der Waals surface area contributed by atoms with Gasteiger partial charge in [0.15, 0.2) is 5.79 Å². The predicted molar refractivity (Wildman–Crippen MR) is 25.0 cm³/mol. The summed E-state index contributed by atoms with van der Waals surface area (Å²) in [5, 5.41) is 17.3. The van der Waals surface area contributed by atoms with E-state index in [4.69, 9.17) is 10.2 Å². The van der Waals surface area contributed by atoms with Gasteiger partial charge in [0.2, 0.25) is 0 Å². The van der Waals surface area contributed by atoms with Crippen LogP contribution in [0.4, 0.5) is 0 Å². The third-order valence-electron chi connectivity index (χ3n) is 1.06. The molecule has 0 bridgehead atoms. The van der Waals surface area contributed by atoms with Gasteiger partial charge in [0.1, 0.15) is 0 Å². The SMILES string of the molecule is OC1(O)[CH]CC[CH]1. The van der Waals surface area contributed by atoms with Gasteiger partial charge in [-0.2, -0.15) is 0 Å². The van der Waals surface area contributed by atoms with E-state index in [-0.39, 0.29) is 0 Å². The zero-order chi connectivity index (χ0) is 5.33. The number of hydrogen-bond acceptors (Lipinski definition) is 2. The minimum atomic E-state index is -1.56. The van der Waals surface area contributed by atoms with Crippen LogP contribution in [-0.4, -0.2) is 16.0 Å². The molecule has 1 rings (SSSR count). The van der Waals surface area contributed by atoms with Crippen LogP contribution in [0, 0.1) is 12.8 Å². The Hall–Kier alpha value is -0.0800. The van der Waals surface area contributed by atoms with E-state index in [1.165, 1.54) is 12.8 Å². The summed E-state index contributed by atoms with van der Waals surface area (Å²) < 4.78 is 0. The number of hydrogen-bond donors (Lipinski definition) is 2. The zero-order valence-electron chi connectivity index (χ0n) is 3.96. The Labute approximate surface area is 42.8 Å². The fourth-order valence-electron chi connectivity index (χ4n) is 0.675. The standard InChI is InChI=1S/C5H8O2/c6-5(7)3-1-2-4-5/h3-4,6-7H,1-2H2. The molecule has 0 saturated heterocycles. The van der Waals surface area contributed by atoms with E-state index in [1.807, 2.05) is 0 Å². The second-order valence-electron chi connectivity index (χ2n) is 1.77. The summed E-state index contributed by atoms with van der Waals surface area (Å²) in [6, 6.07) is 0. The fourth-order valence-corrected chi connectivity index (χ4v) is 0.675. The van der Waals surface area contributed by atoms with Crippen molar-refractivity contribution in [1.82, 2.24) is 0 Å². The predicted octanol–water partition coefficient (Wildman–Crippen LogP) is -0.130. The maximum atomic E-state index is 8.64. The lowest BCUT2D eigenvalue weighted by Gasteiger charge is -2.10. The molecule has 1 aliphatic rings. The lowest BCUT2D eigenvalue weighted by atomic mass is 10.2. The Bertz CT molecular complexity index is 60.5. The maximum Gasteiger partial charge on any atom is 0.169 e. The topological polar surface area (TPSA) is 40.5 Å². The molecule has 2 heteroatoms. The summed E-state index contributed by atoms with van der Waals surface area (Å²) in [6.45, 7) is 0. The first-order valence-corrected chi connectivity index (χ1v) is 2.34. The van der Waals surface area contributed by atoms with E-state index in [2.05, 4.69) is 0 Å². The monoisotopic (exact) mass is 100 g/mol. The van der Waals surface area contributed by atoms with Gasteiger partial charge in [0.05, 0.1) is 0 Å². The van der Waals surface area contributed by atoms with E-state index < -0.39 is 5.79 Å². The van der Waals surface area contributed by atoms with Crippen molar-refractivity contribution in [3.8, 4) is 0 Å².